The fourth-order valence-electron chi connectivity index (χ4n) is 0.186. The van der Waals surface area contributed by atoms with Gasteiger partial charge in [0.25, 0.3) is 0 Å². The van der Waals surface area contributed by atoms with Crippen molar-refractivity contribution in [2.75, 3.05) is 0 Å². The number of nitrogens with zero attached hydrogens (tertiary/aromatic N) is 1. The van der Waals surface area contributed by atoms with Gasteiger partial charge in [0.15, 0.2) is 5.10 Å². The summed E-state index contributed by atoms with van der Waals surface area (Å²) in [5.41, 5.74) is 2.56. The van der Waals surface area contributed by atoms with Crippen molar-refractivity contribution in [3.05, 3.63) is 12.3 Å². The van der Waals surface area contributed by atoms with Gasteiger partial charge >= 0.3 is 6.21 Å². The molecule has 0 aromatic heterocycles. The quantitative estimate of drug-likeness (QED) is 0.398. The molecule has 2 heteroatoms. The lowest BCUT2D eigenvalue weighted by molar-refractivity contribution is 0.893. The van der Waals surface area contributed by atoms with Crippen LogP contribution in [0, 0.1) is 0 Å². The van der Waals surface area contributed by atoms with Gasteiger partial charge < -0.3 is 0 Å². The van der Waals surface area contributed by atoms with Gasteiger partial charge in [-0.05, 0) is 0 Å². The second kappa shape index (κ2) is 0.885. The van der Waals surface area contributed by atoms with Crippen LogP contribution in [0.4, 0.5) is 0 Å². The average molecular weight is 67.1 g/mol. The van der Waals surface area contributed by atoms with Crippen LogP contribution >= 0.6 is 0 Å². The van der Waals surface area contributed by atoms with Crippen LogP contribution in [0.2, 0.25) is 0 Å². The summed E-state index contributed by atoms with van der Waals surface area (Å²) in [6.45, 7) is 0. The fourth-order valence-corrected chi connectivity index (χ4v) is 0.186. The summed E-state index contributed by atoms with van der Waals surface area (Å²) in [5, 5.41) is 3.47. The molecule has 0 aromatic rings. The standard InChI is InChI=1S/C3H3N2/c1-2-4-5-3-1/h1-2,4H/q+1. The predicted molar refractivity (Wildman–Crippen MR) is 19.4 cm³/mol. The van der Waals surface area contributed by atoms with E-state index in [9.17, 15) is 0 Å². The third-order valence-electron chi connectivity index (χ3n) is 0.362. The van der Waals surface area contributed by atoms with Crippen LogP contribution in [0.5, 0.6) is 0 Å². The average Bonchev–Trinajstić information content (AvgIpc) is 1.76. The summed E-state index contributed by atoms with van der Waals surface area (Å²) in [7, 11) is 0. The highest BCUT2D eigenvalue weighted by atomic mass is 15.3. The molecule has 0 atom stereocenters. The Morgan fingerprint density at radius 3 is 3.00 bits per heavy atom. The lowest BCUT2D eigenvalue weighted by Crippen LogP contribution is -1.99. The predicted octanol–water partition coefficient (Wildman–Crippen LogP) is -0.698. The van der Waals surface area contributed by atoms with Gasteiger partial charge in [-0.15, -0.1) is 5.43 Å². The highest BCUT2D eigenvalue weighted by Crippen LogP contribution is 1.59. The van der Waals surface area contributed by atoms with E-state index in [2.05, 4.69) is 16.7 Å². The Bertz CT molecular complexity index is 63.0. The molecule has 24 valence electrons. The van der Waals surface area contributed by atoms with E-state index in [0.717, 1.165) is 0 Å². The van der Waals surface area contributed by atoms with Crippen LogP contribution in [-0.2, 0) is 0 Å². The Balaban J connectivity index is 2.61. The maximum absolute atomic E-state index is 3.47. The first-order valence-corrected chi connectivity index (χ1v) is 1.36. The topological polar surface area (TPSA) is 26.1 Å². The van der Waals surface area contributed by atoms with Crippen molar-refractivity contribution in [1.29, 1.82) is 0 Å². The number of nitrogens with one attached hydrogen (secondary N) is 1. The zero-order valence-corrected chi connectivity index (χ0v) is 2.60. The summed E-state index contributed by atoms with van der Waals surface area (Å²) in [6.07, 6.45) is 5.97. The Labute approximate surface area is 30.2 Å². The van der Waals surface area contributed by atoms with E-state index in [0.29, 0.717) is 0 Å². The van der Waals surface area contributed by atoms with Crippen LogP contribution in [0.1, 0.15) is 0 Å². The molecule has 0 amide bonds. The molecule has 0 saturated heterocycles. The van der Waals surface area contributed by atoms with Gasteiger partial charge in [-0.25, -0.2) is 0 Å². The van der Waals surface area contributed by atoms with E-state index in [1.807, 2.05) is 0 Å². The summed E-state index contributed by atoms with van der Waals surface area (Å²) < 4.78 is 0. The van der Waals surface area contributed by atoms with E-state index in [1.54, 1.807) is 12.3 Å². The van der Waals surface area contributed by atoms with Gasteiger partial charge in [0, 0.05) is 6.08 Å². The van der Waals surface area contributed by atoms with Gasteiger partial charge in [-0.1, -0.05) is 0 Å². The van der Waals surface area contributed by atoms with Crippen LogP contribution in [0.25, 0.3) is 0 Å². The first-order chi connectivity index (χ1) is 2.50. The van der Waals surface area contributed by atoms with Gasteiger partial charge in [0.2, 0.25) is 0 Å². The van der Waals surface area contributed by atoms with E-state index >= 15 is 0 Å². The van der Waals surface area contributed by atoms with E-state index < -0.39 is 0 Å². The zero-order valence-electron chi connectivity index (χ0n) is 2.60. The number of rotatable bonds is 0. The second-order valence-electron chi connectivity index (χ2n) is 0.703. The number of hydrazone groups is 1. The van der Waals surface area contributed by atoms with Crippen molar-refractivity contribution < 1.29 is 0 Å². The molecule has 2 radical (unpaired) electrons. The molecule has 1 rings (SSSR count). The molecule has 0 spiro atoms. The molecule has 5 heavy (non-hydrogen) atoms. The first kappa shape index (κ1) is 2.45. The first-order valence-electron chi connectivity index (χ1n) is 1.36. The fraction of sp³-hybridized carbons (Fsp3) is 0. The Morgan fingerprint density at radius 2 is 2.80 bits per heavy atom. The highest BCUT2D eigenvalue weighted by Gasteiger charge is 1.90. The van der Waals surface area contributed by atoms with Crippen molar-refractivity contribution >= 4 is 6.21 Å². The van der Waals surface area contributed by atoms with Crippen molar-refractivity contribution in [3.8, 4) is 0 Å². The molecule has 1 N–H and O–H groups in total. The molecule has 0 aliphatic carbocycles. The normalized spacial score (nSPS) is 16.0. The number of hydrogen-bond donors (Lipinski definition) is 1. The Kier molecular flexibility index (Phi) is 0.433. The molecule has 0 bridgehead atoms. The van der Waals surface area contributed by atoms with Crippen LogP contribution in [-0.4, -0.2) is 6.21 Å². The minimum absolute atomic E-state index is 1.71. The third-order valence-corrected chi connectivity index (χ3v) is 0.362. The minimum Gasteiger partial charge on any atom is -0.107 e. The lowest BCUT2D eigenvalue weighted by Gasteiger charge is -1.50. The molecule has 0 unspecified atom stereocenters. The van der Waals surface area contributed by atoms with Crippen molar-refractivity contribution in [1.82, 2.24) is 10.5 Å². The lowest BCUT2D eigenvalue weighted by atomic mass is 10.7. The zero-order chi connectivity index (χ0) is 3.54. The number of hydrogen-bond acceptors (Lipinski definition) is 2. The van der Waals surface area contributed by atoms with Crippen molar-refractivity contribution in [2.45, 2.75) is 0 Å². The Morgan fingerprint density at radius 1 is 1.80 bits per heavy atom. The molecule has 0 fully saturated rings. The van der Waals surface area contributed by atoms with Crippen LogP contribution in [0.15, 0.2) is 12.3 Å². The molecular weight excluding hydrogens is 64.0 g/mol. The molecule has 1 aliphatic heterocycles. The minimum atomic E-state index is 1.71. The molecule has 1 heterocycles. The summed E-state index contributed by atoms with van der Waals surface area (Å²) in [5.74, 6) is 0. The maximum Gasteiger partial charge on any atom is 0.392 e. The molecule has 1 aliphatic rings. The van der Waals surface area contributed by atoms with E-state index in [4.69, 9.17) is 0 Å². The van der Waals surface area contributed by atoms with Gasteiger partial charge in [0.1, 0.15) is 0 Å². The monoisotopic (exact) mass is 67.0 g/mol. The smallest absolute Gasteiger partial charge is 0.107 e. The van der Waals surface area contributed by atoms with E-state index in [-0.39, 0.29) is 0 Å². The van der Waals surface area contributed by atoms with Gasteiger partial charge in [0.05, 0.1) is 6.20 Å². The molecule has 0 saturated carbocycles. The second-order valence-corrected chi connectivity index (χ2v) is 0.703. The summed E-state index contributed by atoms with van der Waals surface area (Å²) in [6, 6.07) is 0. The highest BCUT2D eigenvalue weighted by molar-refractivity contribution is 5.71. The summed E-state index contributed by atoms with van der Waals surface area (Å²) >= 11 is 0. The van der Waals surface area contributed by atoms with Crippen LogP contribution < -0.4 is 10.5 Å². The maximum atomic E-state index is 3.47. The van der Waals surface area contributed by atoms with Crippen molar-refractivity contribution in [3.63, 3.8) is 0 Å². The summed E-state index contributed by atoms with van der Waals surface area (Å²) in [4.78, 5) is 0. The SMILES string of the molecule is [C]1=[N+]NC=C1. The largest absolute Gasteiger partial charge is 0.392 e. The molecular formula is C3H3N2+. The van der Waals surface area contributed by atoms with Crippen LogP contribution in [0.3, 0.4) is 0 Å². The molecule has 0 aromatic carbocycles. The molecule has 2 nitrogen and oxygen atoms in total. The third kappa shape index (κ3) is 0.265. The van der Waals surface area contributed by atoms with Crippen molar-refractivity contribution in [2.24, 2.45) is 0 Å². The van der Waals surface area contributed by atoms with Gasteiger partial charge in [-0.3, -0.25) is 0 Å². The van der Waals surface area contributed by atoms with Gasteiger partial charge in [-0.2, -0.15) is 0 Å². The van der Waals surface area contributed by atoms with E-state index in [1.165, 1.54) is 0 Å². The number of allylic oxidation sites excluding steroid dienone is 1. The Hall–Kier alpha value is -0.790.